The molecule has 2 rings (SSSR count). The Morgan fingerprint density at radius 3 is 2.56 bits per heavy atom. The molecule has 0 saturated heterocycles. The highest BCUT2D eigenvalue weighted by molar-refractivity contribution is 5.76. The fourth-order valence-corrected chi connectivity index (χ4v) is 1.19. The zero-order chi connectivity index (χ0) is 11.1. The van der Waals surface area contributed by atoms with Gasteiger partial charge in [-0.25, -0.2) is 0 Å². The van der Waals surface area contributed by atoms with Crippen molar-refractivity contribution < 1.29 is 0 Å². The van der Waals surface area contributed by atoms with Gasteiger partial charge in [0.1, 0.15) is 0 Å². The van der Waals surface area contributed by atoms with Gasteiger partial charge in [-0.05, 0) is 24.3 Å². The lowest BCUT2D eigenvalue weighted by Crippen LogP contribution is -2.06. The number of aromatic nitrogens is 2. The van der Waals surface area contributed by atoms with Crippen LogP contribution in [0.5, 0.6) is 0 Å². The highest BCUT2D eigenvalue weighted by Crippen LogP contribution is 1.92. The first-order valence-electron chi connectivity index (χ1n) is 5.02. The first-order valence-corrected chi connectivity index (χ1v) is 5.02. The summed E-state index contributed by atoms with van der Waals surface area (Å²) in [6.07, 6.45) is 5.18. The molecule has 80 valence electrons. The van der Waals surface area contributed by atoms with Gasteiger partial charge in [0.25, 0.3) is 0 Å². The number of hydrogen-bond donors (Lipinski definition) is 1. The summed E-state index contributed by atoms with van der Waals surface area (Å²) in [4.78, 5) is 8.29. The van der Waals surface area contributed by atoms with Crippen LogP contribution >= 0.6 is 0 Å². The normalized spacial score (nSPS) is 10.5. The topological polar surface area (TPSA) is 50.2 Å². The summed E-state index contributed by atoms with van der Waals surface area (Å²) in [5.41, 5.74) is 4.71. The summed E-state index contributed by atoms with van der Waals surface area (Å²) in [5, 5.41) is 4.06. The highest BCUT2D eigenvalue weighted by Gasteiger charge is 1.89. The number of nitrogens with zero attached hydrogens (tertiary/aromatic N) is 3. The quantitative estimate of drug-likeness (QED) is 0.618. The van der Waals surface area contributed by atoms with E-state index < -0.39 is 0 Å². The Bertz CT molecular complexity index is 439. The molecule has 0 saturated carbocycles. The van der Waals surface area contributed by atoms with Crippen molar-refractivity contribution in [2.45, 2.75) is 6.54 Å². The first kappa shape index (κ1) is 10.3. The molecule has 0 spiro atoms. The van der Waals surface area contributed by atoms with Crippen LogP contribution in [0.4, 0.5) is 0 Å². The van der Waals surface area contributed by atoms with E-state index in [2.05, 4.69) is 20.5 Å². The lowest BCUT2D eigenvalue weighted by molar-refractivity contribution is 0.729. The SMILES string of the molecule is C(=N\NCc1ccccn1)/c1ccccn1. The summed E-state index contributed by atoms with van der Waals surface area (Å²) in [5.74, 6) is 0. The fourth-order valence-electron chi connectivity index (χ4n) is 1.19. The van der Waals surface area contributed by atoms with Gasteiger partial charge in [-0.15, -0.1) is 0 Å². The summed E-state index contributed by atoms with van der Waals surface area (Å²) in [6, 6.07) is 11.5. The molecule has 0 aliphatic heterocycles. The maximum atomic E-state index is 4.17. The Morgan fingerprint density at radius 2 is 1.88 bits per heavy atom. The fraction of sp³-hybridized carbons (Fsp3) is 0.0833. The van der Waals surface area contributed by atoms with Crippen molar-refractivity contribution >= 4 is 6.21 Å². The minimum absolute atomic E-state index is 0.615. The first-order chi connectivity index (χ1) is 7.95. The third kappa shape index (κ3) is 3.16. The molecule has 0 bridgehead atoms. The molecule has 2 heterocycles. The van der Waals surface area contributed by atoms with E-state index in [1.807, 2.05) is 36.4 Å². The van der Waals surface area contributed by atoms with Crippen molar-refractivity contribution in [3.63, 3.8) is 0 Å². The minimum atomic E-state index is 0.615. The van der Waals surface area contributed by atoms with E-state index in [0.717, 1.165) is 11.4 Å². The lowest BCUT2D eigenvalue weighted by Gasteiger charge is -1.98. The Labute approximate surface area is 94.1 Å². The van der Waals surface area contributed by atoms with Gasteiger partial charge in [0, 0.05) is 12.4 Å². The van der Waals surface area contributed by atoms with Gasteiger partial charge < -0.3 is 5.43 Å². The summed E-state index contributed by atoms with van der Waals surface area (Å²) < 4.78 is 0. The zero-order valence-electron chi connectivity index (χ0n) is 8.74. The predicted octanol–water partition coefficient (Wildman–Crippen LogP) is 1.60. The van der Waals surface area contributed by atoms with Crippen LogP contribution < -0.4 is 5.43 Å². The Balaban J connectivity index is 1.83. The van der Waals surface area contributed by atoms with Gasteiger partial charge in [0.15, 0.2) is 0 Å². The molecular weight excluding hydrogens is 200 g/mol. The number of nitrogens with one attached hydrogen (secondary N) is 1. The van der Waals surface area contributed by atoms with E-state index in [9.17, 15) is 0 Å². The van der Waals surface area contributed by atoms with Gasteiger partial charge in [0.05, 0.1) is 24.1 Å². The van der Waals surface area contributed by atoms with Crippen molar-refractivity contribution in [3.05, 3.63) is 60.2 Å². The van der Waals surface area contributed by atoms with Gasteiger partial charge >= 0.3 is 0 Å². The highest BCUT2D eigenvalue weighted by atomic mass is 15.3. The number of pyridine rings is 2. The molecule has 4 heteroatoms. The molecule has 0 amide bonds. The molecule has 0 aliphatic rings. The third-order valence-corrected chi connectivity index (χ3v) is 1.96. The second kappa shape index (κ2) is 5.60. The molecule has 0 radical (unpaired) electrons. The molecule has 16 heavy (non-hydrogen) atoms. The molecular formula is C12H12N4. The standard InChI is InChI=1S/C12H12N4/c1-3-7-13-11(5-1)9-15-16-10-12-6-2-4-8-14-12/h1-9,16H,10H2/b15-9+. The van der Waals surface area contributed by atoms with Crippen LogP contribution in [-0.4, -0.2) is 16.2 Å². The minimum Gasteiger partial charge on any atom is -0.304 e. The monoisotopic (exact) mass is 212 g/mol. The van der Waals surface area contributed by atoms with E-state index in [0.29, 0.717) is 6.54 Å². The van der Waals surface area contributed by atoms with Crippen molar-refractivity contribution in [1.82, 2.24) is 15.4 Å². The van der Waals surface area contributed by atoms with Gasteiger partial charge in [0.2, 0.25) is 0 Å². The van der Waals surface area contributed by atoms with Crippen LogP contribution in [0.15, 0.2) is 53.9 Å². The smallest absolute Gasteiger partial charge is 0.0830 e. The third-order valence-electron chi connectivity index (χ3n) is 1.96. The van der Waals surface area contributed by atoms with Crippen molar-refractivity contribution in [2.24, 2.45) is 5.10 Å². The average Bonchev–Trinajstić information content (AvgIpc) is 2.37. The second-order valence-electron chi connectivity index (χ2n) is 3.17. The Kier molecular flexibility index (Phi) is 3.60. The van der Waals surface area contributed by atoms with Crippen LogP contribution in [0, 0.1) is 0 Å². The van der Waals surface area contributed by atoms with E-state index in [1.54, 1.807) is 18.6 Å². The summed E-state index contributed by atoms with van der Waals surface area (Å²) in [6.45, 7) is 0.615. The number of hydrazone groups is 1. The van der Waals surface area contributed by atoms with E-state index in [4.69, 9.17) is 0 Å². The average molecular weight is 212 g/mol. The summed E-state index contributed by atoms with van der Waals surface area (Å²) in [7, 11) is 0. The summed E-state index contributed by atoms with van der Waals surface area (Å²) >= 11 is 0. The number of rotatable bonds is 4. The Morgan fingerprint density at radius 1 is 1.06 bits per heavy atom. The molecule has 4 nitrogen and oxygen atoms in total. The molecule has 2 aromatic rings. The molecule has 1 N–H and O–H groups in total. The van der Waals surface area contributed by atoms with Crippen LogP contribution in [-0.2, 0) is 6.54 Å². The van der Waals surface area contributed by atoms with Crippen LogP contribution in [0.1, 0.15) is 11.4 Å². The maximum absolute atomic E-state index is 4.17. The number of hydrogen-bond acceptors (Lipinski definition) is 4. The van der Waals surface area contributed by atoms with Crippen LogP contribution in [0.3, 0.4) is 0 Å². The van der Waals surface area contributed by atoms with Crippen molar-refractivity contribution in [1.29, 1.82) is 0 Å². The second-order valence-corrected chi connectivity index (χ2v) is 3.17. The van der Waals surface area contributed by atoms with Gasteiger partial charge in [-0.2, -0.15) is 5.10 Å². The molecule has 0 aromatic carbocycles. The van der Waals surface area contributed by atoms with E-state index >= 15 is 0 Å². The molecule has 0 unspecified atom stereocenters. The Hall–Kier alpha value is -2.23. The predicted molar refractivity (Wildman–Crippen MR) is 62.9 cm³/mol. The van der Waals surface area contributed by atoms with E-state index in [-0.39, 0.29) is 0 Å². The molecule has 0 fully saturated rings. The lowest BCUT2D eigenvalue weighted by atomic mass is 10.3. The van der Waals surface area contributed by atoms with Gasteiger partial charge in [-0.1, -0.05) is 12.1 Å². The van der Waals surface area contributed by atoms with Crippen LogP contribution in [0.2, 0.25) is 0 Å². The molecule has 0 aliphatic carbocycles. The van der Waals surface area contributed by atoms with E-state index in [1.165, 1.54) is 0 Å². The van der Waals surface area contributed by atoms with Gasteiger partial charge in [-0.3, -0.25) is 9.97 Å². The zero-order valence-corrected chi connectivity index (χ0v) is 8.74. The maximum Gasteiger partial charge on any atom is 0.0830 e. The van der Waals surface area contributed by atoms with Crippen LogP contribution in [0.25, 0.3) is 0 Å². The van der Waals surface area contributed by atoms with Crippen molar-refractivity contribution in [3.8, 4) is 0 Å². The molecule has 0 atom stereocenters. The van der Waals surface area contributed by atoms with Crippen molar-refractivity contribution in [2.75, 3.05) is 0 Å². The largest absolute Gasteiger partial charge is 0.304 e. The molecule has 2 aromatic heterocycles.